The third kappa shape index (κ3) is 5.03. The molecule has 0 aliphatic carbocycles. The number of benzene rings is 3. The number of carboxylic acids is 1. The predicted molar refractivity (Wildman–Crippen MR) is 122 cm³/mol. The van der Waals surface area contributed by atoms with E-state index in [4.69, 9.17) is 0 Å². The first-order chi connectivity index (χ1) is 15.7. The van der Waals surface area contributed by atoms with Crippen LogP contribution in [0.4, 0.5) is 19.0 Å². The number of nitrogens with one attached hydrogen (secondary N) is 1. The van der Waals surface area contributed by atoms with E-state index in [9.17, 15) is 23.1 Å². The highest BCUT2D eigenvalue weighted by Crippen LogP contribution is 2.34. The molecule has 4 aromatic rings. The number of alkyl halides is 3. The quantitative estimate of drug-likeness (QED) is 0.348. The maximum Gasteiger partial charge on any atom is 0.416 e. The molecule has 4 rings (SSSR count). The highest BCUT2D eigenvalue weighted by Gasteiger charge is 2.30. The van der Waals surface area contributed by atoms with Crippen LogP contribution in [-0.4, -0.2) is 15.6 Å². The maximum absolute atomic E-state index is 13.1. The number of carbonyl (C=O) groups is 1. The van der Waals surface area contributed by atoms with Gasteiger partial charge in [-0.15, -0.1) is 0 Å². The number of nitrogens with zero attached hydrogens (tertiary/aromatic N) is 1. The number of anilines is 1. The minimum Gasteiger partial charge on any atom is -0.481 e. The van der Waals surface area contributed by atoms with Gasteiger partial charge in [0.2, 0.25) is 0 Å². The zero-order chi connectivity index (χ0) is 23.6. The second-order valence-electron chi connectivity index (χ2n) is 8.04. The molecule has 3 aromatic carbocycles. The van der Waals surface area contributed by atoms with E-state index in [1.165, 1.54) is 6.07 Å². The van der Waals surface area contributed by atoms with Crippen molar-refractivity contribution in [3.63, 3.8) is 0 Å². The van der Waals surface area contributed by atoms with Crippen LogP contribution >= 0.6 is 0 Å². The van der Waals surface area contributed by atoms with Crippen LogP contribution < -0.4 is 5.32 Å². The van der Waals surface area contributed by atoms with Gasteiger partial charge in [-0.05, 0) is 41.8 Å². The molecule has 1 aromatic heterocycles. The summed E-state index contributed by atoms with van der Waals surface area (Å²) in [6, 6.07) is 20.7. The molecule has 4 nitrogen and oxygen atoms in total. The normalized spacial score (nSPS) is 11.6. The van der Waals surface area contributed by atoms with Crippen LogP contribution in [0.15, 0.2) is 72.8 Å². The number of carboxylic acid groups (broad SMARTS) is 1. The second kappa shape index (κ2) is 9.02. The zero-order valence-electron chi connectivity index (χ0n) is 18.0. The summed E-state index contributed by atoms with van der Waals surface area (Å²) < 4.78 is 41.4. The lowest BCUT2D eigenvalue weighted by Gasteiger charge is -2.15. The first-order valence-corrected chi connectivity index (χ1v) is 10.5. The summed E-state index contributed by atoms with van der Waals surface area (Å²) in [5.41, 5.74) is 3.29. The van der Waals surface area contributed by atoms with Crippen molar-refractivity contribution >= 4 is 22.7 Å². The highest BCUT2D eigenvalue weighted by atomic mass is 19.4. The number of aromatic nitrogens is 1. The van der Waals surface area contributed by atoms with Gasteiger partial charge in [0.25, 0.3) is 0 Å². The third-order valence-electron chi connectivity index (χ3n) is 5.55. The van der Waals surface area contributed by atoms with Gasteiger partial charge in [-0.1, -0.05) is 54.6 Å². The number of fused-ring (bicyclic) bond motifs is 1. The fourth-order valence-corrected chi connectivity index (χ4v) is 4.04. The smallest absolute Gasteiger partial charge is 0.416 e. The number of hydrogen-bond donors (Lipinski definition) is 2. The van der Waals surface area contributed by atoms with Crippen molar-refractivity contribution in [1.29, 1.82) is 0 Å². The lowest BCUT2D eigenvalue weighted by molar-refractivity contribution is -0.138. The predicted octanol–water partition coefficient (Wildman–Crippen LogP) is 6.26. The topological polar surface area (TPSA) is 54.3 Å². The van der Waals surface area contributed by atoms with Crippen LogP contribution in [0.5, 0.6) is 0 Å². The summed E-state index contributed by atoms with van der Waals surface area (Å²) >= 11 is 0. The lowest BCUT2D eigenvalue weighted by Crippen LogP contribution is -2.12. The Kier molecular flexibility index (Phi) is 6.14. The molecule has 0 aliphatic heterocycles. The Morgan fingerprint density at radius 1 is 0.970 bits per heavy atom. The molecule has 1 heterocycles. The molecular formula is C26H23F3N2O2. The van der Waals surface area contributed by atoms with E-state index in [-0.39, 0.29) is 13.0 Å². The van der Waals surface area contributed by atoms with Crippen molar-refractivity contribution in [3.05, 3.63) is 101 Å². The van der Waals surface area contributed by atoms with Crippen LogP contribution in [-0.2, 0) is 30.5 Å². The fraction of sp³-hybridized carbons (Fsp3) is 0.192. The third-order valence-corrected chi connectivity index (χ3v) is 5.55. The van der Waals surface area contributed by atoms with Gasteiger partial charge in [-0.3, -0.25) is 4.79 Å². The molecule has 33 heavy (non-hydrogen) atoms. The van der Waals surface area contributed by atoms with Crippen LogP contribution in [0.25, 0.3) is 10.9 Å². The SMILES string of the molecule is Cc1ccc2c(CC(=O)O)c(NCc3cccc(C(F)(F)F)c3)n(Cc3ccccc3)c2c1. The zero-order valence-corrected chi connectivity index (χ0v) is 18.0. The molecule has 170 valence electrons. The highest BCUT2D eigenvalue weighted by molar-refractivity contribution is 5.93. The van der Waals surface area contributed by atoms with Crippen molar-refractivity contribution in [2.45, 2.75) is 32.6 Å². The number of halogens is 3. The van der Waals surface area contributed by atoms with Gasteiger partial charge in [-0.25, -0.2) is 0 Å². The summed E-state index contributed by atoms with van der Waals surface area (Å²) in [5.74, 6) is -0.379. The molecule has 0 saturated carbocycles. The maximum atomic E-state index is 13.1. The van der Waals surface area contributed by atoms with Gasteiger partial charge in [0.05, 0.1) is 17.5 Å². The Morgan fingerprint density at radius 3 is 2.39 bits per heavy atom. The van der Waals surface area contributed by atoms with E-state index >= 15 is 0 Å². The Balaban J connectivity index is 1.79. The van der Waals surface area contributed by atoms with Crippen LogP contribution in [0, 0.1) is 6.92 Å². The monoisotopic (exact) mass is 452 g/mol. The van der Waals surface area contributed by atoms with Crippen molar-refractivity contribution in [2.24, 2.45) is 0 Å². The molecule has 0 atom stereocenters. The van der Waals surface area contributed by atoms with Gasteiger partial charge in [0, 0.05) is 24.0 Å². The molecule has 0 saturated heterocycles. The number of hydrogen-bond acceptors (Lipinski definition) is 2. The Bertz CT molecular complexity index is 1290. The lowest BCUT2D eigenvalue weighted by atomic mass is 10.1. The molecular weight excluding hydrogens is 429 g/mol. The molecule has 0 amide bonds. The van der Waals surface area contributed by atoms with E-state index in [0.717, 1.165) is 34.2 Å². The van der Waals surface area contributed by atoms with E-state index < -0.39 is 17.7 Å². The van der Waals surface area contributed by atoms with Crippen molar-refractivity contribution in [3.8, 4) is 0 Å². The summed E-state index contributed by atoms with van der Waals surface area (Å²) in [6.07, 6.45) is -4.63. The van der Waals surface area contributed by atoms with Crippen LogP contribution in [0.1, 0.15) is 27.8 Å². The van der Waals surface area contributed by atoms with E-state index in [1.807, 2.05) is 60.0 Å². The van der Waals surface area contributed by atoms with Crippen LogP contribution in [0.2, 0.25) is 0 Å². The van der Waals surface area contributed by atoms with Gasteiger partial charge in [-0.2, -0.15) is 13.2 Å². The number of rotatable bonds is 7. The molecule has 7 heteroatoms. The molecule has 2 N–H and O–H groups in total. The molecule has 0 aliphatic rings. The second-order valence-corrected chi connectivity index (χ2v) is 8.04. The Hall–Kier alpha value is -3.74. The summed E-state index contributed by atoms with van der Waals surface area (Å²) in [5, 5.41) is 13.6. The van der Waals surface area contributed by atoms with Crippen molar-refractivity contribution in [2.75, 3.05) is 5.32 Å². The molecule has 0 bridgehead atoms. The summed E-state index contributed by atoms with van der Waals surface area (Å²) in [4.78, 5) is 11.7. The Labute approximate surface area is 189 Å². The van der Waals surface area contributed by atoms with Gasteiger partial charge in [0.1, 0.15) is 5.82 Å². The standard InChI is InChI=1S/C26H23F3N2O2/c1-17-10-11-21-22(14-24(32)33)25(30-15-19-8-5-9-20(13-19)26(27,28)29)31(23(21)12-17)16-18-6-3-2-4-7-18/h2-13,30H,14-16H2,1H3,(H,32,33). The van der Waals surface area contributed by atoms with Gasteiger partial charge < -0.3 is 15.0 Å². The van der Waals surface area contributed by atoms with Crippen molar-refractivity contribution < 1.29 is 23.1 Å². The largest absolute Gasteiger partial charge is 0.481 e. The number of aryl methyl sites for hydroxylation is 1. The summed E-state index contributed by atoms with van der Waals surface area (Å²) in [7, 11) is 0. The fourth-order valence-electron chi connectivity index (χ4n) is 4.04. The Morgan fingerprint density at radius 2 is 1.70 bits per heavy atom. The van der Waals surface area contributed by atoms with E-state index in [0.29, 0.717) is 23.5 Å². The first-order valence-electron chi connectivity index (χ1n) is 10.5. The first kappa shape index (κ1) is 22.5. The van der Waals surface area contributed by atoms with Gasteiger partial charge in [0.15, 0.2) is 0 Å². The van der Waals surface area contributed by atoms with Crippen molar-refractivity contribution in [1.82, 2.24) is 4.57 Å². The minimum atomic E-state index is -4.43. The molecule has 0 unspecified atom stereocenters. The van der Waals surface area contributed by atoms with Crippen LogP contribution in [0.3, 0.4) is 0 Å². The molecule has 0 spiro atoms. The van der Waals surface area contributed by atoms with E-state index in [1.54, 1.807) is 6.07 Å². The average Bonchev–Trinajstić information content (AvgIpc) is 3.03. The molecule has 0 radical (unpaired) electrons. The summed E-state index contributed by atoms with van der Waals surface area (Å²) in [6.45, 7) is 2.58. The van der Waals surface area contributed by atoms with E-state index in [2.05, 4.69) is 5.32 Å². The number of aliphatic carboxylic acids is 1. The average molecular weight is 452 g/mol. The van der Waals surface area contributed by atoms with Gasteiger partial charge >= 0.3 is 12.1 Å². The minimum absolute atomic E-state index is 0.126. The molecule has 0 fully saturated rings.